The number of benzene rings is 1. The van der Waals surface area contributed by atoms with E-state index in [1.165, 1.54) is 4.31 Å². The number of alkyl halides is 3. The third kappa shape index (κ3) is 3.40. The van der Waals surface area contributed by atoms with E-state index in [2.05, 4.69) is 5.32 Å². The number of halogens is 4. The van der Waals surface area contributed by atoms with Crippen LogP contribution in [0.3, 0.4) is 0 Å². The summed E-state index contributed by atoms with van der Waals surface area (Å²) in [6.45, 7) is 4.10. The van der Waals surface area contributed by atoms with Gasteiger partial charge in [0.25, 0.3) is 0 Å². The van der Waals surface area contributed by atoms with Crippen LogP contribution in [-0.4, -0.2) is 37.9 Å². The maximum absolute atomic E-state index is 12.8. The molecule has 1 fully saturated rings. The summed E-state index contributed by atoms with van der Waals surface area (Å²) in [6, 6.07) is 1.87. The molecule has 1 aromatic carbocycles. The minimum Gasteiger partial charge on any atom is -0.311 e. The number of hydrogen-bond donors (Lipinski definition) is 1. The summed E-state index contributed by atoms with van der Waals surface area (Å²) in [7, 11) is -4.10. The molecule has 4 nitrogen and oxygen atoms in total. The molecule has 0 saturated carbocycles. The largest absolute Gasteiger partial charge is 0.416 e. The smallest absolute Gasteiger partial charge is 0.311 e. The molecule has 0 aromatic heterocycles. The van der Waals surface area contributed by atoms with Crippen molar-refractivity contribution in [3.8, 4) is 0 Å². The monoisotopic (exact) mass is 356 g/mol. The van der Waals surface area contributed by atoms with E-state index in [1.54, 1.807) is 6.92 Å². The maximum atomic E-state index is 12.8. The van der Waals surface area contributed by atoms with Gasteiger partial charge in [0.2, 0.25) is 10.0 Å². The Balaban J connectivity index is 2.49. The summed E-state index contributed by atoms with van der Waals surface area (Å²) in [5.41, 5.74) is -1.04. The predicted octanol–water partition coefficient (Wildman–Crippen LogP) is 2.73. The molecule has 1 aromatic rings. The van der Waals surface area contributed by atoms with Gasteiger partial charge in [0.15, 0.2) is 0 Å². The first-order valence-corrected chi connectivity index (χ1v) is 8.47. The fourth-order valence-corrected chi connectivity index (χ4v) is 4.55. The molecule has 1 heterocycles. The Hall–Kier alpha value is -0.830. The van der Waals surface area contributed by atoms with Crippen LogP contribution in [0.4, 0.5) is 13.2 Å². The van der Waals surface area contributed by atoms with Crippen molar-refractivity contribution < 1.29 is 21.6 Å². The van der Waals surface area contributed by atoms with E-state index >= 15 is 0 Å². The molecule has 1 saturated heterocycles. The Morgan fingerprint density at radius 2 is 1.95 bits per heavy atom. The van der Waals surface area contributed by atoms with Crippen LogP contribution in [0.15, 0.2) is 23.1 Å². The molecular formula is C13H16ClF3N2O2S. The first-order valence-electron chi connectivity index (χ1n) is 6.65. The first kappa shape index (κ1) is 17.5. The molecule has 1 N–H and O–H groups in total. The maximum Gasteiger partial charge on any atom is 0.416 e. The molecule has 0 aliphatic carbocycles. The number of rotatable bonds is 2. The van der Waals surface area contributed by atoms with Crippen molar-refractivity contribution in [1.29, 1.82) is 0 Å². The second kappa shape index (κ2) is 5.99. The standard InChI is InChI=1S/C13H16ClF3N2O2S/c1-8-7-19(9(2)6-18-8)22(20,21)12-5-10(13(15,16)17)3-4-11(12)14/h3-5,8-9,18H,6-7H2,1-2H3. The van der Waals surface area contributed by atoms with Gasteiger partial charge < -0.3 is 5.32 Å². The van der Waals surface area contributed by atoms with E-state index in [1.807, 2.05) is 6.92 Å². The average molecular weight is 357 g/mol. The highest BCUT2D eigenvalue weighted by molar-refractivity contribution is 7.89. The van der Waals surface area contributed by atoms with Crippen LogP contribution >= 0.6 is 11.6 Å². The Morgan fingerprint density at radius 1 is 1.32 bits per heavy atom. The fraction of sp³-hybridized carbons (Fsp3) is 0.538. The Kier molecular flexibility index (Phi) is 4.77. The zero-order valence-corrected chi connectivity index (χ0v) is 13.6. The molecule has 1 aliphatic heterocycles. The van der Waals surface area contributed by atoms with Gasteiger partial charge in [-0.1, -0.05) is 11.6 Å². The van der Waals surface area contributed by atoms with Crippen LogP contribution in [0.25, 0.3) is 0 Å². The number of nitrogens with one attached hydrogen (secondary N) is 1. The third-order valence-electron chi connectivity index (χ3n) is 3.55. The summed E-state index contributed by atoms with van der Waals surface area (Å²) < 4.78 is 65.0. The number of sulfonamides is 1. The van der Waals surface area contributed by atoms with Gasteiger partial charge in [0.05, 0.1) is 10.6 Å². The fourth-order valence-electron chi connectivity index (χ4n) is 2.33. The van der Waals surface area contributed by atoms with Crippen LogP contribution in [0.5, 0.6) is 0 Å². The quantitative estimate of drug-likeness (QED) is 0.886. The molecule has 2 unspecified atom stereocenters. The molecule has 0 spiro atoms. The van der Waals surface area contributed by atoms with Gasteiger partial charge in [-0.15, -0.1) is 0 Å². The molecule has 1 aliphatic rings. The topological polar surface area (TPSA) is 49.4 Å². The van der Waals surface area contributed by atoms with Crippen LogP contribution in [0.2, 0.25) is 5.02 Å². The van der Waals surface area contributed by atoms with Gasteiger partial charge in [0, 0.05) is 25.2 Å². The summed E-state index contributed by atoms with van der Waals surface area (Å²) >= 11 is 5.85. The van der Waals surface area contributed by atoms with Gasteiger partial charge in [-0.3, -0.25) is 0 Å². The minimum absolute atomic E-state index is 0.0875. The zero-order chi connectivity index (χ0) is 16.7. The van der Waals surface area contributed by atoms with E-state index in [9.17, 15) is 21.6 Å². The van der Waals surface area contributed by atoms with Crippen LogP contribution in [-0.2, 0) is 16.2 Å². The van der Waals surface area contributed by atoms with Crippen molar-refractivity contribution in [3.05, 3.63) is 28.8 Å². The Bertz CT molecular complexity index is 664. The van der Waals surface area contributed by atoms with E-state index in [-0.39, 0.29) is 23.7 Å². The van der Waals surface area contributed by atoms with Crippen molar-refractivity contribution in [2.24, 2.45) is 0 Å². The van der Waals surface area contributed by atoms with E-state index in [0.29, 0.717) is 12.6 Å². The lowest BCUT2D eigenvalue weighted by Crippen LogP contribution is -2.56. The molecule has 2 rings (SSSR count). The summed E-state index contributed by atoms with van der Waals surface area (Å²) in [5, 5.41) is 2.90. The lowest BCUT2D eigenvalue weighted by atomic mass is 10.2. The van der Waals surface area contributed by atoms with Gasteiger partial charge in [-0.05, 0) is 32.0 Å². The molecule has 0 radical (unpaired) electrons. The predicted molar refractivity (Wildman–Crippen MR) is 77.3 cm³/mol. The van der Waals surface area contributed by atoms with Gasteiger partial charge >= 0.3 is 6.18 Å². The molecule has 0 bridgehead atoms. The van der Waals surface area contributed by atoms with Crippen molar-refractivity contribution in [2.75, 3.05) is 13.1 Å². The summed E-state index contributed by atoms with van der Waals surface area (Å²) in [4.78, 5) is -0.509. The van der Waals surface area contributed by atoms with Crippen LogP contribution in [0.1, 0.15) is 19.4 Å². The third-order valence-corrected chi connectivity index (χ3v) is 6.01. The Labute approximate surface area is 132 Å². The minimum atomic E-state index is -4.63. The Morgan fingerprint density at radius 3 is 2.55 bits per heavy atom. The molecule has 124 valence electrons. The second-order valence-corrected chi connectivity index (χ2v) is 7.64. The molecular weight excluding hydrogens is 341 g/mol. The molecule has 22 heavy (non-hydrogen) atoms. The van der Waals surface area contributed by atoms with Crippen LogP contribution in [0, 0.1) is 0 Å². The van der Waals surface area contributed by atoms with Gasteiger partial charge in [-0.2, -0.15) is 17.5 Å². The lowest BCUT2D eigenvalue weighted by Gasteiger charge is -2.36. The number of nitrogens with zero attached hydrogens (tertiary/aromatic N) is 1. The highest BCUT2D eigenvalue weighted by Crippen LogP contribution is 2.35. The van der Waals surface area contributed by atoms with Crippen LogP contribution < -0.4 is 5.32 Å². The highest BCUT2D eigenvalue weighted by atomic mass is 35.5. The summed E-state index contributed by atoms with van der Waals surface area (Å²) in [6.07, 6.45) is -4.63. The number of hydrogen-bond acceptors (Lipinski definition) is 3. The zero-order valence-electron chi connectivity index (χ0n) is 12.0. The van der Waals surface area contributed by atoms with Crippen molar-refractivity contribution in [3.63, 3.8) is 0 Å². The van der Waals surface area contributed by atoms with E-state index in [0.717, 1.165) is 12.1 Å². The lowest BCUT2D eigenvalue weighted by molar-refractivity contribution is -0.137. The van der Waals surface area contributed by atoms with E-state index in [4.69, 9.17) is 11.6 Å². The van der Waals surface area contributed by atoms with Gasteiger partial charge in [-0.25, -0.2) is 8.42 Å². The average Bonchev–Trinajstić information content (AvgIpc) is 2.40. The SMILES string of the molecule is CC1CN(S(=O)(=O)c2cc(C(F)(F)F)ccc2Cl)C(C)CN1. The number of piperazine rings is 1. The molecule has 2 atom stereocenters. The highest BCUT2D eigenvalue weighted by Gasteiger charge is 2.37. The van der Waals surface area contributed by atoms with E-state index < -0.39 is 26.7 Å². The molecule has 0 amide bonds. The summed E-state index contributed by atoms with van der Waals surface area (Å²) in [5.74, 6) is 0. The van der Waals surface area contributed by atoms with Crippen molar-refractivity contribution in [1.82, 2.24) is 9.62 Å². The normalized spacial score (nSPS) is 24.5. The van der Waals surface area contributed by atoms with Crippen molar-refractivity contribution in [2.45, 2.75) is 37.0 Å². The second-order valence-electron chi connectivity index (χ2n) is 5.38. The first-order chi connectivity index (χ1) is 10.0. The van der Waals surface area contributed by atoms with Gasteiger partial charge in [0.1, 0.15) is 4.90 Å². The van der Waals surface area contributed by atoms with Crippen molar-refractivity contribution >= 4 is 21.6 Å². The molecule has 9 heteroatoms.